The molecule has 0 aliphatic carbocycles. The molecule has 1 fully saturated rings. The minimum atomic E-state index is -3.72. The first-order valence-corrected chi connectivity index (χ1v) is 8.66. The van der Waals surface area contributed by atoms with Crippen molar-refractivity contribution in [3.05, 3.63) is 36.6 Å². The number of aliphatic hydroxyl groups is 2. The number of allylic oxidation sites excluding steroid dienone is 2. The predicted octanol–water partition coefficient (Wildman–Crippen LogP) is -0.448. The van der Waals surface area contributed by atoms with Crippen molar-refractivity contribution in [2.24, 2.45) is 5.73 Å². The van der Waals surface area contributed by atoms with Crippen molar-refractivity contribution in [3.8, 4) is 0 Å². The van der Waals surface area contributed by atoms with E-state index in [-0.39, 0.29) is 12.2 Å². The van der Waals surface area contributed by atoms with Crippen LogP contribution in [0.15, 0.2) is 36.6 Å². The molecular weight excluding hydrogens is 355 g/mol. The quantitative estimate of drug-likeness (QED) is 0.225. The maximum Gasteiger partial charge on any atom is 0.474 e. The average molecular weight is 378 g/mol. The molecule has 25 heavy (non-hydrogen) atoms. The van der Waals surface area contributed by atoms with Gasteiger partial charge in [0.25, 0.3) is 0 Å². The van der Waals surface area contributed by atoms with Gasteiger partial charge in [0.05, 0.1) is 6.61 Å². The SMILES string of the molecule is C=C/C(=C\C=C/NC1O[C@H](COP(=O)(OC)OC)[C@@H](O)[C@H]1O)C(N)=O. The summed E-state index contributed by atoms with van der Waals surface area (Å²) in [5, 5.41) is 22.6. The van der Waals surface area contributed by atoms with E-state index < -0.39 is 38.3 Å². The Bertz CT molecular complexity index is 571. The minimum Gasteiger partial charge on any atom is -0.387 e. The first-order valence-electron chi connectivity index (χ1n) is 7.20. The lowest BCUT2D eigenvalue weighted by Gasteiger charge is -2.18. The Hall–Kier alpha value is -1.52. The number of phosphoric acid groups is 1. The van der Waals surface area contributed by atoms with Crippen LogP contribution in [0, 0.1) is 0 Å². The molecule has 0 radical (unpaired) electrons. The fourth-order valence-corrected chi connectivity index (χ4v) is 2.61. The van der Waals surface area contributed by atoms with E-state index in [0.29, 0.717) is 0 Å². The summed E-state index contributed by atoms with van der Waals surface area (Å²) in [4.78, 5) is 11.0. The third-order valence-corrected chi connectivity index (χ3v) is 4.70. The van der Waals surface area contributed by atoms with E-state index in [9.17, 15) is 19.6 Å². The molecule has 0 bridgehead atoms. The number of nitrogens with two attached hydrogens (primary N) is 1. The van der Waals surface area contributed by atoms with E-state index in [0.717, 1.165) is 14.2 Å². The second-order valence-corrected chi connectivity index (χ2v) is 6.78. The van der Waals surface area contributed by atoms with Gasteiger partial charge in [-0.05, 0) is 18.4 Å². The summed E-state index contributed by atoms with van der Waals surface area (Å²) in [5.74, 6) is -0.634. The van der Waals surface area contributed by atoms with E-state index in [4.69, 9.17) is 15.0 Å². The van der Waals surface area contributed by atoms with E-state index in [1.807, 2.05) is 0 Å². The zero-order valence-electron chi connectivity index (χ0n) is 13.9. The summed E-state index contributed by atoms with van der Waals surface area (Å²) in [6.07, 6.45) is 1.12. The second kappa shape index (κ2) is 9.83. The monoisotopic (exact) mass is 378 g/mol. The number of hydrogen-bond acceptors (Lipinski definition) is 9. The number of carbonyl (C=O) groups is 1. The summed E-state index contributed by atoms with van der Waals surface area (Å²) in [7, 11) is -1.42. The Labute approximate surface area is 145 Å². The van der Waals surface area contributed by atoms with Crippen molar-refractivity contribution >= 4 is 13.7 Å². The lowest BCUT2D eigenvalue weighted by molar-refractivity contribution is -0.114. The van der Waals surface area contributed by atoms with E-state index >= 15 is 0 Å². The van der Waals surface area contributed by atoms with Gasteiger partial charge in [-0.3, -0.25) is 18.4 Å². The van der Waals surface area contributed by atoms with Crippen LogP contribution in [0.4, 0.5) is 0 Å². The van der Waals surface area contributed by atoms with E-state index in [1.165, 1.54) is 24.4 Å². The van der Waals surface area contributed by atoms with E-state index in [2.05, 4.69) is 20.9 Å². The van der Waals surface area contributed by atoms with Gasteiger partial charge in [0.15, 0.2) is 6.23 Å². The van der Waals surface area contributed by atoms with Crippen molar-refractivity contribution < 1.29 is 37.9 Å². The molecule has 5 N–H and O–H groups in total. The van der Waals surface area contributed by atoms with Crippen LogP contribution in [0.2, 0.25) is 0 Å². The maximum atomic E-state index is 11.8. The lowest BCUT2D eigenvalue weighted by atomic mass is 10.1. The van der Waals surface area contributed by atoms with Gasteiger partial charge >= 0.3 is 7.82 Å². The van der Waals surface area contributed by atoms with Crippen LogP contribution in [-0.4, -0.2) is 61.5 Å². The Morgan fingerprint density at radius 1 is 1.36 bits per heavy atom. The van der Waals surface area contributed by atoms with Crippen molar-refractivity contribution in [1.29, 1.82) is 0 Å². The molecular formula is C14H23N2O8P. The zero-order chi connectivity index (χ0) is 19.0. The third kappa shape index (κ3) is 6.05. The largest absolute Gasteiger partial charge is 0.474 e. The molecule has 1 saturated heterocycles. The van der Waals surface area contributed by atoms with Gasteiger partial charge in [0.1, 0.15) is 18.3 Å². The molecule has 0 spiro atoms. The van der Waals surface area contributed by atoms with Gasteiger partial charge < -0.3 is 26.0 Å². The van der Waals surface area contributed by atoms with Crippen molar-refractivity contribution in [3.63, 3.8) is 0 Å². The van der Waals surface area contributed by atoms with Gasteiger partial charge in [0, 0.05) is 19.8 Å². The van der Waals surface area contributed by atoms with Crippen LogP contribution in [0.3, 0.4) is 0 Å². The molecule has 10 nitrogen and oxygen atoms in total. The van der Waals surface area contributed by atoms with Crippen LogP contribution >= 0.6 is 7.82 Å². The second-order valence-electron chi connectivity index (χ2n) is 4.90. The number of nitrogens with one attached hydrogen (secondary N) is 1. The van der Waals surface area contributed by atoms with Crippen molar-refractivity contribution in [2.45, 2.75) is 24.5 Å². The molecule has 0 aromatic heterocycles. The Kier molecular flexibility index (Phi) is 8.46. The minimum absolute atomic E-state index is 0.201. The average Bonchev–Trinajstić information content (AvgIpc) is 2.87. The topological polar surface area (TPSA) is 150 Å². The summed E-state index contributed by atoms with van der Waals surface area (Å²) in [5.41, 5.74) is 5.31. The smallest absolute Gasteiger partial charge is 0.387 e. The van der Waals surface area contributed by atoms with Crippen molar-refractivity contribution in [1.82, 2.24) is 5.32 Å². The number of amides is 1. The molecule has 0 saturated carbocycles. The Morgan fingerprint density at radius 3 is 2.52 bits per heavy atom. The molecule has 1 aliphatic heterocycles. The highest BCUT2D eigenvalue weighted by atomic mass is 31.2. The highest BCUT2D eigenvalue weighted by Gasteiger charge is 2.43. The van der Waals surface area contributed by atoms with Gasteiger partial charge in [-0.25, -0.2) is 4.57 Å². The van der Waals surface area contributed by atoms with Gasteiger partial charge in [-0.2, -0.15) is 0 Å². The fraction of sp³-hybridized carbons (Fsp3) is 0.500. The van der Waals surface area contributed by atoms with Crippen LogP contribution < -0.4 is 11.1 Å². The third-order valence-electron chi connectivity index (χ3n) is 3.34. The predicted molar refractivity (Wildman–Crippen MR) is 88.0 cm³/mol. The number of carbonyl (C=O) groups excluding carboxylic acids is 1. The maximum absolute atomic E-state index is 11.8. The number of hydrogen-bond donors (Lipinski definition) is 4. The van der Waals surface area contributed by atoms with Crippen LogP contribution in [-0.2, 0) is 27.7 Å². The summed E-state index contributed by atoms with van der Waals surface area (Å²) >= 11 is 0. The molecule has 4 atom stereocenters. The number of primary amides is 1. The normalized spacial score (nSPS) is 27.6. The zero-order valence-corrected chi connectivity index (χ0v) is 14.8. The first-order chi connectivity index (χ1) is 11.8. The standard InChI is InChI=1S/C14H23N2O8P/c1-4-9(13(15)19)6-5-7-16-14-12(18)11(17)10(24-14)8-23-25(20,21-2)22-3/h4-7,10-12,14,16-18H,1,8H2,2-3H3,(H2,15,19)/b7-5-,9-6+/t10-,11-,12-,14?/m1/s1. The number of phosphoric ester groups is 1. The van der Waals surface area contributed by atoms with Gasteiger partial charge in [0.2, 0.25) is 5.91 Å². The van der Waals surface area contributed by atoms with Crippen molar-refractivity contribution in [2.75, 3.05) is 20.8 Å². The molecule has 1 unspecified atom stereocenters. The molecule has 1 aliphatic rings. The highest BCUT2D eigenvalue weighted by molar-refractivity contribution is 7.48. The molecule has 1 heterocycles. The van der Waals surface area contributed by atoms with Crippen LogP contribution in [0.25, 0.3) is 0 Å². The van der Waals surface area contributed by atoms with Gasteiger partial charge in [-0.15, -0.1) is 0 Å². The molecule has 0 aromatic rings. The molecule has 0 aromatic carbocycles. The lowest BCUT2D eigenvalue weighted by Crippen LogP contribution is -2.38. The summed E-state index contributed by atoms with van der Waals surface area (Å²) in [6, 6.07) is 0. The Balaban J connectivity index is 2.59. The number of rotatable bonds is 10. The summed E-state index contributed by atoms with van der Waals surface area (Å²) in [6.45, 7) is 3.13. The fourth-order valence-electron chi connectivity index (χ4n) is 1.92. The van der Waals surface area contributed by atoms with Gasteiger partial charge in [-0.1, -0.05) is 12.7 Å². The first kappa shape index (κ1) is 21.5. The molecule has 11 heteroatoms. The number of ether oxygens (including phenoxy) is 1. The number of aliphatic hydroxyl groups excluding tert-OH is 2. The summed E-state index contributed by atoms with van der Waals surface area (Å²) < 4.78 is 31.4. The van der Waals surface area contributed by atoms with Crippen LogP contribution in [0.1, 0.15) is 0 Å². The molecule has 1 rings (SSSR count). The molecule has 1 amide bonds. The highest BCUT2D eigenvalue weighted by Crippen LogP contribution is 2.47. The van der Waals surface area contributed by atoms with Crippen LogP contribution in [0.5, 0.6) is 0 Å². The van der Waals surface area contributed by atoms with E-state index in [1.54, 1.807) is 0 Å². The Morgan fingerprint density at radius 2 is 2.00 bits per heavy atom. The molecule has 142 valence electrons.